The number of hydrogen-bond acceptors (Lipinski definition) is 4. The van der Waals surface area contributed by atoms with Crippen LogP contribution in [0.15, 0.2) is 85.6 Å². The van der Waals surface area contributed by atoms with Crippen molar-refractivity contribution in [3.8, 4) is 5.75 Å². The van der Waals surface area contributed by atoms with Crippen LogP contribution < -0.4 is 10.3 Å². The van der Waals surface area contributed by atoms with E-state index in [1.807, 2.05) is 74.5 Å². The first-order chi connectivity index (χ1) is 15.4. The molecule has 0 bridgehead atoms. The van der Waals surface area contributed by atoms with Crippen molar-refractivity contribution in [3.05, 3.63) is 103 Å². The largest absolute Gasteiger partial charge is 0.489 e. The highest BCUT2D eigenvalue weighted by Gasteiger charge is 2.13. The predicted molar refractivity (Wildman–Crippen MR) is 136 cm³/mol. The summed E-state index contributed by atoms with van der Waals surface area (Å²) in [7, 11) is 0. The molecule has 0 fully saturated rings. The molecule has 0 atom stereocenters. The molecule has 0 N–H and O–H groups in total. The van der Waals surface area contributed by atoms with E-state index in [2.05, 4.69) is 41.9 Å². The van der Waals surface area contributed by atoms with Crippen molar-refractivity contribution in [2.45, 2.75) is 26.4 Å². The molecule has 0 unspecified atom stereocenters. The Morgan fingerprint density at radius 3 is 2.38 bits per heavy atom. The van der Waals surface area contributed by atoms with Crippen molar-refractivity contribution in [1.82, 2.24) is 9.66 Å². The average Bonchev–Trinajstić information content (AvgIpc) is 2.79. The zero-order valence-electron chi connectivity index (χ0n) is 17.6. The van der Waals surface area contributed by atoms with Gasteiger partial charge >= 0.3 is 0 Å². The molecule has 1 aromatic heterocycles. The monoisotopic (exact) mass is 553 g/mol. The smallest absolute Gasteiger partial charge is 0.282 e. The summed E-state index contributed by atoms with van der Waals surface area (Å²) in [6.45, 7) is 4.48. The standard InChI is InChI=1S/C25H21Br2N3O2/c1-16(2)24-29-23-12-9-20(27)13-22(23)25(31)30(24)28-14-17-5-10-21(11-6-17)32-15-18-3-7-19(26)8-4-18/h3-14,16H,15H2,1-2H3. The summed E-state index contributed by atoms with van der Waals surface area (Å²) in [5, 5.41) is 4.99. The Labute approximate surface area is 203 Å². The lowest BCUT2D eigenvalue weighted by atomic mass is 10.2. The fourth-order valence-corrected chi connectivity index (χ4v) is 3.80. The maximum atomic E-state index is 13.1. The van der Waals surface area contributed by atoms with Gasteiger partial charge in [-0.1, -0.05) is 57.8 Å². The minimum Gasteiger partial charge on any atom is -0.489 e. The van der Waals surface area contributed by atoms with Crippen LogP contribution in [0.2, 0.25) is 0 Å². The molecule has 4 aromatic rings. The number of benzene rings is 3. The maximum Gasteiger partial charge on any atom is 0.282 e. The van der Waals surface area contributed by atoms with Gasteiger partial charge in [-0.2, -0.15) is 9.78 Å². The number of ether oxygens (including phenoxy) is 1. The number of nitrogens with zero attached hydrogens (tertiary/aromatic N) is 3. The zero-order valence-corrected chi connectivity index (χ0v) is 20.8. The first-order valence-corrected chi connectivity index (χ1v) is 11.7. The molecule has 0 aliphatic heterocycles. The topological polar surface area (TPSA) is 56.5 Å². The molecule has 7 heteroatoms. The van der Waals surface area contributed by atoms with Gasteiger partial charge in [0.15, 0.2) is 0 Å². The second kappa shape index (κ2) is 9.79. The number of fused-ring (bicyclic) bond motifs is 1. The third-order valence-corrected chi connectivity index (χ3v) is 5.89. The molecule has 0 spiro atoms. The second-order valence-corrected chi connectivity index (χ2v) is 9.46. The summed E-state index contributed by atoms with van der Waals surface area (Å²) in [6.07, 6.45) is 1.66. The van der Waals surface area contributed by atoms with Crippen LogP contribution in [0.5, 0.6) is 5.75 Å². The fraction of sp³-hybridized carbons (Fsp3) is 0.160. The van der Waals surface area contributed by atoms with E-state index in [9.17, 15) is 4.79 Å². The van der Waals surface area contributed by atoms with Gasteiger partial charge in [0.2, 0.25) is 0 Å². The van der Waals surface area contributed by atoms with Crippen LogP contribution >= 0.6 is 31.9 Å². The minimum atomic E-state index is -0.189. The van der Waals surface area contributed by atoms with Crippen molar-refractivity contribution in [2.24, 2.45) is 5.10 Å². The van der Waals surface area contributed by atoms with Gasteiger partial charge in [-0.15, -0.1) is 0 Å². The summed E-state index contributed by atoms with van der Waals surface area (Å²) >= 11 is 6.86. The number of halogens is 2. The first kappa shape index (κ1) is 22.4. The highest BCUT2D eigenvalue weighted by Crippen LogP contribution is 2.19. The summed E-state index contributed by atoms with van der Waals surface area (Å²) < 4.78 is 9.11. The van der Waals surface area contributed by atoms with Crippen LogP contribution in [0.1, 0.15) is 36.7 Å². The van der Waals surface area contributed by atoms with Gasteiger partial charge < -0.3 is 4.74 Å². The molecule has 0 amide bonds. The SMILES string of the molecule is CC(C)c1nc2ccc(Br)cc2c(=O)n1N=Cc1ccc(OCc2ccc(Br)cc2)cc1. The lowest BCUT2D eigenvalue weighted by Gasteiger charge is -2.12. The molecule has 32 heavy (non-hydrogen) atoms. The Morgan fingerprint density at radius 1 is 1.00 bits per heavy atom. The Kier molecular flexibility index (Phi) is 6.86. The van der Waals surface area contributed by atoms with Crippen molar-refractivity contribution in [2.75, 3.05) is 0 Å². The van der Waals surface area contributed by atoms with Crippen LogP contribution in [-0.4, -0.2) is 15.9 Å². The molecular weight excluding hydrogens is 534 g/mol. The third-order valence-electron chi connectivity index (χ3n) is 4.87. The summed E-state index contributed by atoms with van der Waals surface area (Å²) in [6, 6.07) is 21.1. The quantitative estimate of drug-likeness (QED) is 0.255. The first-order valence-electron chi connectivity index (χ1n) is 10.1. The molecule has 162 valence electrons. The normalized spacial score (nSPS) is 11.5. The van der Waals surface area contributed by atoms with Crippen molar-refractivity contribution in [3.63, 3.8) is 0 Å². The Hall–Kier alpha value is -2.77. The average molecular weight is 555 g/mol. The Balaban J connectivity index is 1.56. The lowest BCUT2D eigenvalue weighted by Crippen LogP contribution is -2.23. The summed E-state index contributed by atoms with van der Waals surface area (Å²) in [5.74, 6) is 1.43. The molecular formula is C25H21Br2N3O2. The molecule has 0 saturated heterocycles. The van der Waals surface area contributed by atoms with E-state index in [-0.39, 0.29) is 11.5 Å². The van der Waals surface area contributed by atoms with Gasteiger partial charge in [0.05, 0.1) is 17.1 Å². The van der Waals surface area contributed by atoms with Gasteiger partial charge in [0.25, 0.3) is 5.56 Å². The lowest BCUT2D eigenvalue weighted by molar-refractivity contribution is 0.306. The molecule has 0 radical (unpaired) electrons. The van der Waals surface area contributed by atoms with E-state index in [1.54, 1.807) is 12.3 Å². The Bertz CT molecular complexity index is 1330. The highest BCUT2D eigenvalue weighted by atomic mass is 79.9. The van der Waals surface area contributed by atoms with Crippen LogP contribution in [0.3, 0.4) is 0 Å². The van der Waals surface area contributed by atoms with Crippen LogP contribution in [0, 0.1) is 0 Å². The molecule has 5 nitrogen and oxygen atoms in total. The fourth-order valence-electron chi connectivity index (χ4n) is 3.17. The van der Waals surface area contributed by atoms with Crippen LogP contribution in [0.4, 0.5) is 0 Å². The van der Waals surface area contributed by atoms with Gasteiger partial charge in [-0.3, -0.25) is 4.79 Å². The number of hydrogen-bond donors (Lipinski definition) is 0. The summed E-state index contributed by atoms with van der Waals surface area (Å²) in [5.41, 5.74) is 2.43. The van der Waals surface area contributed by atoms with Crippen LogP contribution in [0.25, 0.3) is 10.9 Å². The molecule has 0 saturated carbocycles. The second-order valence-electron chi connectivity index (χ2n) is 7.63. The molecule has 0 aliphatic carbocycles. The van der Waals surface area contributed by atoms with E-state index in [1.165, 1.54) is 4.68 Å². The highest BCUT2D eigenvalue weighted by molar-refractivity contribution is 9.10. The van der Waals surface area contributed by atoms with Crippen molar-refractivity contribution >= 4 is 49.0 Å². The molecule has 0 aliphatic rings. The van der Waals surface area contributed by atoms with Crippen LogP contribution in [-0.2, 0) is 6.61 Å². The number of aromatic nitrogens is 2. The maximum absolute atomic E-state index is 13.1. The van der Waals surface area contributed by atoms with E-state index in [0.29, 0.717) is 23.3 Å². The van der Waals surface area contributed by atoms with Gasteiger partial charge in [-0.25, -0.2) is 4.98 Å². The van der Waals surface area contributed by atoms with Crippen molar-refractivity contribution in [1.29, 1.82) is 0 Å². The van der Waals surface area contributed by atoms with Gasteiger partial charge in [0.1, 0.15) is 18.2 Å². The van der Waals surface area contributed by atoms with Gasteiger partial charge in [0, 0.05) is 14.9 Å². The van der Waals surface area contributed by atoms with E-state index in [0.717, 1.165) is 25.8 Å². The predicted octanol–water partition coefficient (Wildman–Crippen LogP) is 6.51. The molecule has 3 aromatic carbocycles. The molecule has 4 rings (SSSR count). The van der Waals surface area contributed by atoms with Gasteiger partial charge in [-0.05, 0) is 65.7 Å². The zero-order chi connectivity index (χ0) is 22.7. The van der Waals surface area contributed by atoms with E-state index >= 15 is 0 Å². The number of rotatable bonds is 6. The molecule has 1 heterocycles. The van der Waals surface area contributed by atoms with E-state index < -0.39 is 0 Å². The minimum absolute atomic E-state index is 0.0438. The van der Waals surface area contributed by atoms with E-state index in [4.69, 9.17) is 4.74 Å². The third kappa shape index (κ3) is 5.16. The Morgan fingerprint density at radius 2 is 1.69 bits per heavy atom. The summed E-state index contributed by atoms with van der Waals surface area (Å²) in [4.78, 5) is 17.8. The van der Waals surface area contributed by atoms with Crippen molar-refractivity contribution < 1.29 is 4.74 Å².